The molecule has 3 aromatic rings. The van der Waals surface area contributed by atoms with Gasteiger partial charge in [0.1, 0.15) is 4.90 Å². The summed E-state index contributed by atoms with van der Waals surface area (Å²) in [5.41, 5.74) is -6.14. The predicted molar refractivity (Wildman–Crippen MR) is 170 cm³/mol. The quantitative estimate of drug-likeness (QED) is 0.214. The van der Waals surface area contributed by atoms with E-state index >= 15 is 0 Å². The molecule has 1 fully saturated rings. The molecule has 0 saturated carbocycles. The van der Waals surface area contributed by atoms with Crippen LogP contribution in [0, 0.1) is 0 Å². The third-order valence-corrected chi connectivity index (χ3v) is 11.4. The van der Waals surface area contributed by atoms with Gasteiger partial charge in [0.15, 0.2) is 0 Å². The van der Waals surface area contributed by atoms with E-state index in [1.807, 2.05) is 30.3 Å². The number of hydrogen-bond donors (Lipinski definition) is 3. The Morgan fingerprint density at radius 2 is 1.46 bits per heavy atom. The SMILES string of the molecule is O=C(NS(=O)(=O)c1ccc(N[C@H](CCN2CCN(CCO)CC2)CSc2ccccc2)c(S(=O)(=O)C(F)(F)F)c1)c1ccccc1. The molecule has 1 aliphatic heterocycles. The van der Waals surface area contributed by atoms with Crippen LogP contribution in [0.3, 0.4) is 0 Å². The Morgan fingerprint density at radius 3 is 2.04 bits per heavy atom. The lowest BCUT2D eigenvalue weighted by Crippen LogP contribution is -2.48. The van der Waals surface area contributed by atoms with Gasteiger partial charge in [-0.1, -0.05) is 36.4 Å². The normalized spacial score (nSPS) is 15.7. The molecular weight excluding hydrogens is 666 g/mol. The highest BCUT2D eigenvalue weighted by atomic mass is 32.2. The lowest BCUT2D eigenvalue weighted by molar-refractivity contribution is -0.0435. The molecule has 1 atom stereocenters. The molecule has 1 amide bonds. The monoisotopic (exact) mass is 700 g/mol. The number of sulfonamides is 1. The van der Waals surface area contributed by atoms with Crippen molar-refractivity contribution in [2.24, 2.45) is 0 Å². The van der Waals surface area contributed by atoms with Crippen molar-refractivity contribution < 1.29 is 39.9 Å². The van der Waals surface area contributed by atoms with E-state index in [0.717, 1.165) is 43.2 Å². The molecule has 1 saturated heterocycles. The molecule has 1 aliphatic rings. The highest BCUT2D eigenvalue weighted by Crippen LogP contribution is 2.36. The number of aliphatic hydroxyl groups excluding tert-OH is 1. The second-order valence-corrected chi connectivity index (χ2v) is 15.3. The molecular formula is C30H35F3N4O6S3. The number of aliphatic hydroxyl groups is 1. The number of sulfone groups is 1. The molecule has 0 bridgehead atoms. The molecule has 0 aromatic heterocycles. The number of benzene rings is 3. The summed E-state index contributed by atoms with van der Waals surface area (Å²) in [6.07, 6.45) is 0.443. The zero-order valence-electron chi connectivity index (χ0n) is 24.7. The van der Waals surface area contributed by atoms with Crippen molar-refractivity contribution in [1.29, 1.82) is 0 Å². The largest absolute Gasteiger partial charge is 0.501 e. The summed E-state index contributed by atoms with van der Waals surface area (Å²) in [6.45, 7) is 4.17. The minimum Gasteiger partial charge on any atom is -0.395 e. The minimum atomic E-state index is -6.01. The fourth-order valence-electron chi connectivity index (χ4n) is 4.81. The first-order chi connectivity index (χ1) is 21.8. The molecule has 0 spiro atoms. The molecule has 0 aliphatic carbocycles. The van der Waals surface area contributed by atoms with E-state index in [0.29, 0.717) is 31.3 Å². The number of alkyl halides is 3. The number of carbonyl (C=O) groups excluding carboxylic acids is 1. The summed E-state index contributed by atoms with van der Waals surface area (Å²) >= 11 is 1.44. The number of rotatable bonds is 14. The van der Waals surface area contributed by atoms with Crippen LogP contribution < -0.4 is 10.0 Å². The lowest BCUT2D eigenvalue weighted by atomic mass is 10.2. The van der Waals surface area contributed by atoms with Gasteiger partial charge >= 0.3 is 5.51 Å². The van der Waals surface area contributed by atoms with Crippen molar-refractivity contribution in [2.45, 2.75) is 32.7 Å². The molecule has 4 rings (SSSR count). The summed E-state index contributed by atoms with van der Waals surface area (Å²) in [7, 11) is -10.8. The lowest BCUT2D eigenvalue weighted by Gasteiger charge is -2.35. The molecule has 3 aromatic carbocycles. The van der Waals surface area contributed by atoms with Crippen LogP contribution in [0.4, 0.5) is 18.9 Å². The number of piperazine rings is 1. The van der Waals surface area contributed by atoms with Crippen molar-refractivity contribution in [1.82, 2.24) is 14.5 Å². The molecule has 0 radical (unpaired) electrons. The van der Waals surface area contributed by atoms with Crippen molar-refractivity contribution in [3.63, 3.8) is 0 Å². The van der Waals surface area contributed by atoms with Gasteiger partial charge in [0, 0.05) is 61.5 Å². The number of hydrogen-bond acceptors (Lipinski definition) is 10. The third-order valence-electron chi connectivity index (χ3n) is 7.35. The van der Waals surface area contributed by atoms with Gasteiger partial charge in [-0.2, -0.15) is 13.2 Å². The first kappa shape index (κ1) is 35.7. The fourth-order valence-corrected chi connectivity index (χ4v) is 7.83. The number of anilines is 1. The van der Waals surface area contributed by atoms with E-state index in [4.69, 9.17) is 0 Å². The van der Waals surface area contributed by atoms with E-state index < -0.39 is 52.8 Å². The van der Waals surface area contributed by atoms with Crippen LogP contribution in [0.2, 0.25) is 0 Å². The first-order valence-electron chi connectivity index (χ1n) is 14.4. The van der Waals surface area contributed by atoms with E-state index in [1.54, 1.807) is 10.8 Å². The van der Waals surface area contributed by atoms with Gasteiger partial charge in [-0.15, -0.1) is 11.8 Å². The van der Waals surface area contributed by atoms with E-state index in [-0.39, 0.29) is 12.2 Å². The number of nitrogens with one attached hydrogen (secondary N) is 2. The first-order valence-corrected chi connectivity index (χ1v) is 18.3. The number of carbonyl (C=O) groups is 1. The number of thioether (sulfide) groups is 1. The maximum absolute atomic E-state index is 13.9. The number of β-amino-alcohol motifs (C(OH)–C–C–N with tert-alkyl or cyclic N) is 1. The molecule has 46 heavy (non-hydrogen) atoms. The Kier molecular flexibility index (Phi) is 12.1. The average molecular weight is 701 g/mol. The van der Waals surface area contributed by atoms with Crippen LogP contribution in [-0.4, -0.2) is 101 Å². The fraction of sp³-hybridized carbons (Fsp3) is 0.367. The Hall–Kier alpha value is -3.15. The van der Waals surface area contributed by atoms with Gasteiger partial charge in [-0.3, -0.25) is 9.69 Å². The van der Waals surface area contributed by atoms with Crippen LogP contribution in [0.15, 0.2) is 93.5 Å². The van der Waals surface area contributed by atoms with Gasteiger partial charge in [0.05, 0.1) is 17.2 Å². The Morgan fingerprint density at radius 1 is 0.870 bits per heavy atom. The molecule has 0 unspecified atom stereocenters. The van der Waals surface area contributed by atoms with Gasteiger partial charge < -0.3 is 15.3 Å². The highest BCUT2D eigenvalue weighted by molar-refractivity contribution is 7.99. The van der Waals surface area contributed by atoms with Crippen molar-refractivity contribution >= 4 is 43.2 Å². The number of halogens is 3. The van der Waals surface area contributed by atoms with Crippen molar-refractivity contribution in [3.8, 4) is 0 Å². The standard InChI is InChI=1S/C30H35F3N4O6S3/c31-30(32,33)45(40,41)28-21-26(46(42,43)35-29(39)23-7-3-1-4-8-23)11-12-27(28)34-24(22-44-25-9-5-2-6-10-25)13-14-36-15-17-37(18-16-36)19-20-38/h1-12,21,24,34,38H,13-20,22H2,(H,35,39)/t24-/m1/s1. The van der Waals surface area contributed by atoms with Crippen molar-refractivity contribution in [2.75, 3.05) is 56.9 Å². The van der Waals surface area contributed by atoms with Crippen LogP contribution >= 0.6 is 11.8 Å². The topological polar surface area (TPSA) is 136 Å². The average Bonchev–Trinajstić information content (AvgIpc) is 3.03. The molecule has 1 heterocycles. The smallest absolute Gasteiger partial charge is 0.395 e. The second-order valence-electron chi connectivity index (χ2n) is 10.6. The Bertz CT molecular complexity index is 1670. The maximum atomic E-state index is 13.9. The molecule has 16 heteroatoms. The summed E-state index contributed by atoms with van der Waals surface area (Å²) in [5.74, 6) is -0.661. The van der Waals surface area contributed by atoms with Crippen LogP contribution in [0.25, 0.3) is 0 Å². The summed E-state index contributed by atoms with van der Waals surface area (Å²) in [5, 5.41) is 12.2. The van der Waals surface area contributed by atoms with Gasteiger partial charge in [0.2, 0.25) is 0 Å². The highest BCUT2D eigenvalue weighted by Gasteiger charge is 2.48. The maximum Gasteiger partial charge on any atom is 0.501 e. The van der Waals surface area contributed by atoms with E-state index in [9.17, 15) is 39.9 Å². The summed E-state index contributed by atoms with van der Waals surface area (Å²) in [6, 6.07) is 18.5. The molecule has 250 valence electrons. The van der Waals surface area contributed by atoms with Crippen molar-refractivity contribution in [3.05, 3.63) is 84.4 Å². The second kappa shape index (κ2) is 15.6. The Balaban J connectivity index is 1.61. The number of nitrogens with zero attached hydrogens (tertiary/aromatic N) is 2. The van der Waals surface area contributed by atoms with Crippen LogP contribution in [0.1, 0.15) is 16.8 Å². The van der Waals surface area contributed by atoms with Crippen LogP contribution in [-0.2, 0) is 19.9 Å². The van der Waals surface area contributed by atoms with Gasteiger partial charge in [-0.25, -0.2) is 21.6 Å². The number of amides is 1. The minimum absolute atomic E-state index is 0.0129. The molecule has 3 N–H and O–H groups in total. The third kappa shape index (κ3) is 9.45. The summed E-state index contributed by atoms with van der Waals surface area (Å²) in [4.78, 5) is 15.7. The van der Waals surface area contributed by atoms with Gasteiger partial charge in [-0.05, 0) is 48.9 Å². The van der Waals surface area contributed by atoms with E-state index in [2.05, 4.69) is 15.1 Å². The Labute approximate surface area is 271 Å². The molecule has 10 nitrogen and oxygen atoms in total. The van der Waals surface area contributed by atoms with E-state index in [1.165, 1.54) is 36.0 Å². The predicted octanol–water partition coefficient (Wildman–Crippen LogP) is 3.67. The summed E-state index contributed by atoms with van der Waals surface area (Å²) < 4.78 is 95.0. The zero-order chi connectivity index (χ0) is 33.4. The van der Waals surface area contributed by atoms with Crippen LogP contribution in [0.5, 0.6) is 0 Å². The zero-order valence-corrected chi connectivity index (χ0v) is 27.1. The van der Waals surface area contributed by atoms with Gasteiger partial charge in [0.25, 0.3) is 25.8 Å².